The Morgan fingerprint density at radius 3 is 2.28 bits per heavy atom. The molecule has 0 spiro atoms. The number of phenols is 1. The molecule has 2 rings (SSSR count). The van der Waals surface area contributed by atoms with Gasteiger partial charge in [0.1, 0.15) is 12.4 Å². The molecule has 0 aliphatic rings. The third kappa shape index (κ3) is 2.51. The summed E-state index contributed by atoms with van der Waals surface area (Å²) < 4.78 is 0. The molecule has 18 heavy (non-hydrogen) atoms. The summed E-state index contributed by atoms with van der Waals surface area (Å²) in [5.74, 6) is -0.309. The number of hydrogen-bond acceptors (Lipinski definition) is 3. The molecule has 2 aromatic carbocycles. The van der Waals surface area contributed by atoms with Gasteiger partial charge in [0.15, 0.2) is 5.78 Å². The number of benzene rings is 2. The molecule has 2 aromatic rings. The first-order valence-electron chi connectivity index (χ1n) is 6.00. The topological polar surface area (TPSA) is 57.5 Å². The molecule has 0 fully saturated rings. The first-order chi connectivity index (χ1) is 8.65. The second-order valence-electron chi connectivity index (χ2n) is 3.70. The predicted molar refractivity (Wildman–Crippen MR) is 73.1 cm³/mol. The predicted octanol–water partition coefficient (Wildman–Crippen LogP) is 3.06. The lowest BCUT2D eigenvalue weighted by Crippen LogP contribution is -2.06. The molecule has 0 saturated heterocycles. The summed E-state index contributed by atoms with van der Waals surface area (Å²) in [6.45, 7) is 5.27. The van der Waals surface area contributed by atoms with Crippen molar-refractivity contribution in [2.24, 2.45) is 0 Å². The van der Waals surface area contributed by atoms with Gasteiger partial charge in [0.25, 0.3) is 0 Å². The minimum atomic E-state index is -0.543. The molecule has 0 heterocycles. The van der Waals surface area contributed by atoms with Crippen molar-refractivity contribution in [2.45, 2.75) is 20.8 Å². The normalized spacial score (nSPS) is 9.78. The largest absolute Gasteiger partial charge is 0.507 e. The fraction of sp³-hybridized carbons (Fsp3) is 0.267. The fourth-order valence-corrected chi connectivity index (χ4v) is 1.88. The zero-order chi connectivity index (χ0) is 13.7. The van der Waals surface area contributed by atoms with Gasteiger partial charge < -0.3 is 10.2 Å². The van der Waals surface area contributed by atoms with Gasteiger partial charge in [0.05, 0.1) is 0 Å². The fourth-order valence-electron chi connectivity index (χ4n) is 1.88. The first-order valence-corrected chi connectivity index (χ1v) is 6.00. The Labute approximate surface area is 107 Å². The maximum absolute atomic E-state index is 11.5. The van der Waals surface area contributed by atoms with Gasteiger partial charge in [-0.2, -0.15) is 0 Å². The highest BCUT2D eigenvalue weighted by atomic mass is 16.3. The summed E-state index contributed by atoms with van der Waals surface area (Å²) in [4.78, 5) is 11.5. The van der Waals surface area contributed by atoms with Crippen LogP contribution in [0.4, 0.5) is 0 Å². The summed E-state index contributed by atoms with van der Waals surface area (Å²) in [5.41, 5.74) is 1.16. The molecular weight excluding hydrogens is 228 g/mol. The van der Waals surface area contributed by atoms with Crippen LogP contribution in [0.1, 0.15) is 29.8 Å². The number of carbonyl (C=O) groups excluding carboxylic acids is 1. The van der Waals surface area contributed by atoms with Gasteiger partial charge in [-0.15, -0.1) is 0 Å². The van der Waals surface area contributed by atoms with Gasteiger partial charge in [0.2, 0.25) is 0 Å². The summed E-state index contributed by atoms with van der Waals surface area (Å²) in [7, 11) is 0. The summed E-state index contributed by atoms with van der Waals surface area (Å²) >= 11 is 0. The highest BCUT2D eigenvalue weighted by Crippen LogP contribution is 2.30. The number of aryl methyl sites for hydroxylation is 1. The van der Waals surface area contributed by atoms with Crippen molar-refractivity contribution in [3.05, 3.63) is 41.5 Å². The van der Waals surface area contributed by atoms with E-state index in [4.69, 9.17) is 5.11 Å². The van der Waals surface area contributed by atoms with E-state index in [1.807, 2.05) is 39.0 Å². The number of ketones is 1. The van der Waals surface area contributed by atoms with Crippen LogP contribution in [0.15, 0.2) is 30.3 Å². The van der Waals surface area contributed by atoms with Gasteiger partial charge in [-0.25, -0.2) is 0 Å². The third-order valence-corrected chi connectivity index (χ3v) is 2.74. The second-order valence-corrected chi connectivity index (χ2v) is 3.70. The van der Waals surface area contributed by atoms with E-state index in [0.29, 0.717) is 5.56 Å². The average Bonchev–Trinajstić information content (AvgIpc) is 2.44. The Hall–Kier alpha value is -1.87. The van der Waals surface area contributed by atoms with Crippen LogP contribution < -0.4 is 0 Å². The molecule has 0 aromatic heterocycles. The minimum Gasteiger partial charge on any atom is -0.507 e. The first kappa shape index (κ1) is 14.2. The van der Waals surface area contributed by atoms with Crippen LogP contribution >= 0.6 is 0 Å². The summed E-state index contributed by atoms with van der Waals surface area (Å²) in [6, 6.07) is 8.73. The number of hydrogen-bond donors (Lipinski definition) is 2. The second kappa shape index (κ2) is 6.17. The molecule has 0 bridgehead atoms. The molecule has 0 atom stereocenters. The van der Waals surface area contributed by atoms with Crippen LogP contribution in [0, 0.1) is 6.92 Å². The number of aliphatic hydroxyl groups is 1. The van der Waals surface area contributed by atoms with Gasteiger partial charge in [-0.3, -0.25) is 4.79 Å². The van der Waals surface area contributed by atoms with Crippen LogP contribution in [-0.4, -0.2) is 22.6 Å². The number of aliphatic hydroxyl groups excluding tert-OH is 1. The quantitative estimate of drug-likeness (QED) is 0.801. The Morgan fingerprint density at radius 2 is 1.72 bits per heavy atom. The maximum atomic E-state index is 11.5. The molecule has 0 aliphatic carbocycles. The Morgan fingerprint density at radius 1 is 1.17 bits per heavy atom. The van der Waals surface area contributed by atoms with Crippen LogP contribution in [-0.2, 0) is 0 Å². The smallest absolute Gasteiger partial charge is 0.188 e. The van der Waals surface area contributed by atoms with Crippen LogP contribution in [0.25, 0.3) is 10.8 Å². The van der Waals surface area contributed by atoms with Crippen molar-refractivity contribution in [3.63, 3.8) is 0 Å². The zero-order valence-corrected chi connectivity index (χ0v) is 10.9. The SMILES string of the molecule is CC.Cc1c(C(=O)CO)cc(O)c2ccccc12. The molecule has 0 radical (unpaired) electrons. The Balaban J connectivity index is 0.000000771. The van der Waals surface area contributed by atoms with E-state index in [0.717, 1.165) is 16.3 Å². The van der Waals surface area contributed by atoms with Crippen molar-refractivity contribution in [1.29, 1.82) is 0 Å². The molecule has 0 aliphatic heterocycles. The average molecular weight is 246 g/mol. The monoisotopic (exact) mass is 246 g/mol. The third-order valence-electron chi connectivity index (χ3n) is 2.74. The number of phenolic OH excluding ortho intramolecular Hbond substituents is 1. The molecule has 96 valence electrons. The van der Waals surface area contributed by atoms with Gasteiger partial charge >= 0.3 is 0 Å². The van der Waals surface area contributed by atoms with Crippen LogP contribution in [0.5, 0.6) is 5.75 Å². The van der Waals surface area contributed by atoms with Crippen molar-refractivity contribution in [3.8, 4) is 5.75 Å². The summed E-state index contributed by atoms with van der Waals surface area (Å²) in [5, 5.41) is 20.2. The van der Waals surface area contributed by atoms with Gasteiger partial charge in [0, 0.05) is 10.9 Å². The van der Waals surface area contributed by atoms with Crippen molar-refractivity contribution in [1.82, 2.24) is 0 Å². The standard InChI is InChI=1S/C13H12O3.C2H6/c1-8-9-4-2-3-5-10(9)12(15)6-11(8)13(16)7-14;1-2/h2-6,14-15H,7H2,1H3;1-2H3. The number of rotatable bonds is 2. The molecule has 2 N–H and O–H groups in total. The van der Waals surface area contributed by atoms with Crippen molar-refractivity contribution < 1.29 is 15.0 Å². The lowest BCUT2D eigenvalue weighted by Gasteiger charge is -2.09. The van der Waals surface area contributed by atoms with E-state index in [9.17, 15) is 9.90 Å². The molecule has 3 nitrogen and oxygen atoms in total. The Kier molecular flexibility index (Phi) is 4.86. The van der Waals surface area contributed by atoms with Crippen LogP contribution in [0.3, 0.4) is 0 Å². The number of fused-ring (bicyclic) bond motifs is 1. The maximum Gasteiger partial charge on any atom is 0.188 e. The lowest BCUT2D eigenvalue weighted by atomic mass is 9.97. The van der Waals surface area contributed by atoms with Crippen LogP contribution in [0.2, 0.25) is 0 Å². The zero-order valence-electron chi connectivity index (χ0n) is 10.9. The van der Waals surface area contributed by atoms with E-state index in [1.165, 1.54) is 6.07 Å². The lowest BCUT2D eigenvalue weighted by molar-refractivity contribution is 0.0903. The molecule has 0 amide bonds. The number of Topliss-reactive ketones (excluding diaryl/α,β-unsaturated/α-hetero) is 1. The number of aromatic hydroxyl groups is 1. The number of carbonyl (C=O) groups is 1. The molecular formula is C15H18O3. The molecule has 0 unspecified atom stereocenters. The van der Waals surface area contributed by atoms with Gasteiger partial charge in [-0.1, -0.05) is 38.1 Å². The minimum absolute atomic E-state index is 0.0676. The molecule has 3 heteroatoms. The van der Waals surface area contributed by atoms with E-state index in [1.54, 1.807) is 6.07 Å². The van der Waals surface area contributed by atoms with Crippen molar-refractivity contribution >= 4 is 16.6 Å². The van der Waals surface area contributed by atoms with E-state index in [-0.39, 0.29) is 11.5 Å². The highest BCUT2D eigenvalue weighted by molar-refractivity contribution is 6.04. The van der Waals surface area contributed by atoms with E-state index < -0.39 is 6.61 Å². The van der Waals surface area contributed by atoms with E-state index >= 15 is 0 Å². The van der Waals surface area contributed by atoms with Crippen molar-refractivity contribution in [2.75, 3.05) is 6.61 Å². The highest BCUT2D eigenvalue weighted by Gasteiger charge is 2.13. The van der Waals surface area contributed by atoms with E-state index in [2.05, 4.69) is 0 Å². The van der Waals surface area contributed by atoms with Gasteiger partial charge in [-0.05, 0) is 23.9 Å². The summed E-state index contributed by atoms with van der Waals surface area (Å²) in [6.07, 6.45) is 0. The Bertz CT molecular complexity index is 559. The molecule has 0 saturated carbocycles.